The summed E-state index contributed by atoms with van der Waals surface area (Å²) in [6, 6.07) is 15.0. The van der Waals surface area contributed by atoms with Gasteiger partial charge in [0.2, 0.25) is 5.91 Å². The number of thioether (sulfide) groups is 1. The predicted octanol–water partition coefficient (Wildman–Crippen LogP) is 3.21. The van der Waals surface area contributed by atoms with E-state index in [2.05, 4.69) is 22.3 Å². The molecule has 4 nitrogen and oxygen atoms in total. The summed E-state index contributed by atoms with van der Waals surface area (Å²) in [5.41, 5.74) is 2.97. The Bertz CT molecular complexity index is 750. The van der Waals surface area contributed by atoms with Crippen molar-refractivity contribution in [3.63, 3.8) is 0 Å². The van der Waals surface area contributed by atoms with E-state index < -0.39 is 0 Å². The smallest absolute Gasteiger partial charge is 0.230 e. The van der Waals surface area contributed by atoms with Gasteiger partial charge in [0.05, 0.1) is 19.0 Å². The molecule has 0 radical (unpaired) electrons. The quantitative estimate of drug-likeness (QED) is 0.754. The Hall–Kier alpha value is -1.89. The lowest BCUT2D eigenvalue weighted by atomic mass is 10.1. The zero-order valence-electron chi connectivity index (χ0n) is 15.3. The summed E-state index contributed by atoms with van der Waals surface area (Å²) in [5, 5.41) is 2.94. The molecule has 0 aliphatic carbocycles. The van der Waals surface area contributed by atoms with Crippen LogP contribution in [0.3, 0.4) is 0 Å². The van der Waals surface area contributed by atoms with E-state index in [-0.39, 0.29) is 11.7 Å². The average molecular weight is 389 g/mol. The molecule has 1 amide bonds. The van der Waals surface area contributed by atoms with E-state index in [9.17, 15) is 9.18 Å². The first-order chi connectivity index (χ1) is 13.2. The second-order valence-corrected chi connectivity index (χ2v) is 7.56. The number of nitrogens with zero attached hydrogens (tertiary/aromatic N) is 1. The van der Waals surface area contributed by atoms with E-state index in [1.165, 1.54) is 23.4 Å². The molecule has 0 saturated carbocycles. The van der Waals surface area contributed by atoms with Crippen LogP contribution in [0.1, 0.15) is 16.7 Å². The molecule has 1 saturated heterocycles. The molecule has 1 heterocycles. The van der Waals surface area contributed by atoms with Gasteiger partial charge in [-0.15, -0.1) is 11.8 Å². The van der Waals surface area contributed by atoms with Crippen LogP contribution in [0, 0.1) is 5.82 Å². The molecule has 2 aromatic rings. The van der Waals surface area contributed by atoms with Crippen molar-refractivity contribution in [3.8, 4) is 0 Å². The van der Waals surface area contributed by atoms with Gasteiger partial charge in [0.15, 0.2) is 0 Å². The Morgan fingerprint density at radius 3 is 2.70 bits per heavy atom. The van der Waals surface area contributed by atoms with Gasteiger partial charge in [-0.1, -0.05) is 42.5 Å². The molecule has 1 N–H and O–H groups in total. The highest BCUT2D eigenvalue weighted by molar-refractivity contribution is 7.99. The number of benzene rings is 2. The van der Waals surface area contributed by atoms with Gasteiger partial charge in [0.1, 0.15) is 5.82 Å². The van der Waals surface area contributed by atoms with Crippen LogP contribution in [0.25, 0.3) is 0 Å². The maximum Gasteiger partial charge on any atom is 0.230 e. The van der Waals surface area contributed by atoms with E-state index >= 15 is 0 Å². The summed E-state index contributed by atoms with van der Waals surface area (Å²) < 4.78 is 18.9. The fourth-order valence-corrected chi connectivity index (χ4v) is 3.82. The van der Waals surface area contributed by atoms with Crippen LogP contribution in [0.4, 0.5) is 4.39 Å². The number of nitrogens with one attached hydrogen (secondary N) is 1. The first-order valence-corrected chi connectivity index (χ1v) is 10.3. The van der Waals surface area contributed by atoms with Gasteiger partial charge in [-0.05, 0) is 22.8 Å². The number of hydrogen-bond donors (Lipinski definition) is 1. The van der Waals surface area contributed by atoms with Crippen molar-refractivity contribution < 1.29 is 13.9 Å². The molecule has 144 valence electrons. The normalized spacial score (nSPS) is 14.9. The van der Waals surface area contributed by atoms with Gasteiger partial charge < -0.3 is 10.1 Å². The monoisotopic (exact) mass is 388 g/mol. The minimum Gasteiger partial charge on any atom is -0.379 e. The van der Waals surface area contributed by atoms with Crippen LogP contribution < -0.4 is 5.32 Å². The number of morpholine rings is 1. The SMILES string of the molecule is O=C(CSCc1ccccc1F)NCc1cccc(CN2CCOCC2)c1. The van der Waals surface area contributed by atoms with Gasteiger partial charge in [0.25, 0.3) is 0 Å². The van der Waals surface area contributed by atoms with E-state index in [4.69, 9.17) is 4.74 Å². The molecule has 0 unspecified atom stereocenters. The zero-order chi connectivity index (χ0) is 18.9. The Kier molecular flexibility index (Phi) is 7.68. The van der Waals surface area contributed by atoms with Crippen molar-refractivity contribution in [2.24, 2.45) is 0 Å². The maximum absolute atomic E-state index is 13.6. The highest BCUT2D eigenvalue weighted by atomic mass is 32.2. The highest BCUT2D eigenvalue weighted by Gasteiger charge is 2.11. The lowest BCUT2D eigenvalue weighted by Gasteiger charge is -2.26. The lowest BCUT2D eigenvalue weighted by Crippen LogP contribution is -2.35. The number of rotatable bonds is 8. The van der Waals surface area contributed by atoms with Gasteiger partial charge in [-0.2, -0.15) is 0 Å². The molecule has 0 aromatic heterocycles. The van der Waals surface area contributed by atoms with Crippen LogP contribution in [0.15, 0.2) is 48.5 Å². The minimum atomic E-state index is -0.220. The van der Waals surface area contributed by atoms with Crippen LogP contribution in [0.5, 0.6) is 0 Å². The molecule has 27 heavy (non-hydrogen) atoms. The molecular formula is C21H25FN2O2S. The van der Waals surface area contributed by atoms with Crippen LogP contribution in [-0.2, 0) is 28.4 Å². The van der Waals surface area contributed by atoms with E-state index in [1.807, 2.05) is 18.2 Å². The zero-order valence-corrected chi connectivity index (χ0v) is 16.1. The molecular weight excluding hydrogens is 363 g/mol. The van der Waals surface area contributed by atoms with Crippen LogP contribution in [-0.4, -0.2) is 42.9 Å². The number of carbonyl (C=O) groups excluding carboxylic acids is 1. The van der Waals surface area contributed by atoms with E-state index in [0.717, 1.165) is 38.4 Å². The van der Waals surface area contributed by atoms with E-state index in [0.29, 0.717) is 23.6 Å². The number of amides is 1. The van der Waals surface area contributed by atoms with Crippen LogP contribution >= 0.6 is 11.8 Å². The molecule has 0 bridgehead atoms. The number of carbonyl (C=O) groups is 1. The van der Waals surface area contributed by atoms with Crippen molar-refractivity contribution in [2.45, 2.75) is 18.8 Å². The summed E-state index contributed by atoms with van der Waals surface area (Å²) in [6.07, 6.45) is 0. The minimum absolute atomic E-state index is 0.0325. The number of hydrogen-bond acceptors (Lipinski definition) is 4. The first-order valence-electron chi connectivity index (χ1n) is 9.16. The second-order valence-electron chi connectivity index (χ2n) is 6.57. The molecule has 1 aliphatic rings. The fraction of sp³-hybridized carbons (Fsp3) is 0.381. The lowest BCUT2D eigenvalue weighted by molar-refractivity contribution is -0.118. The first kappa shape index (κ1) is 19.9. The molecule has 0 atom stereocenters. The van der Waals surface area contributed by atoms with Gasteiger partial charge in [-0.3, -0.25) is 9.69 Å². The largest absolute Gasteiger partial charge is 0.379 e. The summed E-state index contributed by atoms with van der Waals surface area (Å²) in [5.74, 6) is 0.564. The molecule has 2 aromatic carbocycles. The predicted molar refractivity (Wildman–Crippen MR) is 107 cm³/mol. The Morgan fingerprint density at radius 1 is 1.11 bits per heavy atom. The number of halogens is 1. The van der Waals surface area contributed by atoms with Crippen molar-refractivity contribution in [1.29, 1.82) is 0 Å². The molecule has 1 fully saturated rings. The third kappa shape index (κ3) is 6.65. The fourth-order valence-electron chi connectivity index (χ4n) is 2.98. The molecule has 3 rings (SSSR count). The van der Waals surface area contributed by atoms with Crippen molar-refractivity contribution in [2.75, 3.05) is 32.1 Å². The van der Waals surface area contributed by atoms with Crippen molar-refractivity contribution in [1.82, 2.24) is 10.2 Å². The Balaban J connectivity index is 1.40. The molecule has 0 spiro atoms. The third-order valence-corrected chi connectivity index (χ3v) is 5.42. The maximum atomic E-state index is 13.6. The van der Waals surface area contributed by atoms with Gasteiger partial charge in [-0.25, -0.2) is 4.39 Å². The summed E-state index contributed by atoms with van der Waals surface area (Å²) in [7, 11) is 0. The van der Waals surface area contributed by atoms with Crippen molar-refractivity contribution in [3.05, 3.63) is 71.0 Å². The topological polar surface area (TPSA) is 41.6 Å². The summed E-state index contributed by atoms with van der Waals surface area (Å²) in [6.45, 7) is 4.92. The Labute approximate surface area is 164 Å². The number of ether oxygens (including phenoxy) is 1. The van der Waals surface area contributed by atoms with Crippen molar-refractivity contribution >= 4 is 17.7 Å². The average Bonchev–Trinajstić information content (AvgIpc) is 2.69. The van der Waals surface area contributed by atoms with Crippen LogP contribution in [0.2, 0.25) is 0 Å². The molecule has 1 aliphatic heterocycles. The van der Waals surface area contributed by atoms with E-state index in [1.54, 1.807) is 12.1 Å². The second kappa shape index (κ2) is 10.4. The van der Waals surface area contributed by atoms with Gasteiger partial charge >= 0.3 is 0 Å². The molecule has 6 heteroatoms. The summed E-state index contributed by atoms with van der Waals surface area (Å²) in [4.78, 5) is 14.4. The summed E-state index contributed by atoms with van der Waals surface area (Å²) >= 11 is 1.42. The highest BCUT2D eigenvalue weighted by Crippen LogP contribution is 2.15. The Morgan fingerprint density at radius 2 is 1.89 bits per heavy atom. The standard InChI is InChI=1S/C21H25FN2O2S/c22-20-7-2-1-6-19(20)15-27-16-21(25)23-13-17-4-3-5-18(12-17)14-24-8-10-26-11-9-24/h1-7,12H,8-11,13-16H2,(H,23,25). The van der Waals surface area contributed by atoms with Gasteiger partial charge in [0, 0.05) is 31.9 Å². The third-order valence-electron chi connectivity index (χ3n) is 4.44.